The second kappa shape index (κ2) is 8.67. The summed E-state index contributed by atoms with van der Waals surface area (Å²) < 4.78 is 5.13. The maximum Gasteiger partial charge on any atom is 0.224 e. The molecule has 0 fully saturated rings. The number of pyridine rings is 1. The third-order valence-corrected chi connectivity index (χ3v) is 5.13. The summed E-state index contributed by atoms with van der Waals surface area (Å²) in [4.78, 5) is 17.4. The van der Waals surface area contributed by atoms with E-state index in [0.717, 1.165) is 33.4 Å². The fourth-order valence-corrected chi connectivity index (χ4v) is 3.44. The van der Waals surface area contributed by atoms with Crippen LogP contribution in [0, 0.1) is 13.8 Å². The zero-order valence-corrected chi connectivity index (χ0v) is 15.7. The standard InChI is InChI=1S/C20H21N3O2S/c1-14-19(15(2)25-23-14)9-10-20(24)22-17-5-7-18(8-6-17)26-13-16-4-3-11-21-12-16/h3-8,11-12H,9-10,13H2,1-2H3,(H,22,24). The average Bonchev–Trinajstić information content (AvgIpc) is 2.98. The van der Waals surface area contributed by atoms with Gasteiger partial charge in [0.2, 0.25) is 5.91 Å². The summed E-state index contributed by atoms with van der Waals surface area (Å²) in [5, 5.41) is 6.85. The van der Waals surface area contributed by atoms with Crippen molar-refractivity contribution in [1.82, 2.24) is 10.1 Å². The lowest BCUT2D eigenvalue weighted by Gasteiger charge is -2.07. The van der Waals surface area contributed by atoms with Crippen LogP contribution in [0.3, 0.4) is 0 Å². The molecule has 5 nitrogen and oxygen atoms in total. The third kappa shape index (κ3) is 4.95. The Hall–Kier alpha value is -2.60. The van der Waals surface area contributed by atoms with Crippen LogP contribution in [0.2, 0.25) is 0 Å². The number of thioether (sulfide) groups is 1. The van der Waals surface area contributed by atoms with E-state index < -0.39 is 0 Å². The minimum atomic E-state index is -0.0132. The highest BCUT2D eigenvalue weighted by Gasteiger charge is 2.11. The molecule has 0 atom stereocenters. The number of amides is 1. The molecule has 0 unspecified atom stereocenters. The smallest absolute Gasteiger partial charge is 0.224 e. The Labute approximate surface area is 157 Å². The van der Waals surface area contributed by atoms with E-state index in [9.17, 15) is 4.79 Å². The average molecular weight is 367 g/mol. The van der Waals surface area contributed by atoms with E-state index in [1.165, 1.54) is 5.56 Å². The number of anilines is 1. The number of nitrogens with one attached hydrogen (secondary N) is 1. The number of aryl methyl sites for hydroxylation is 2. The number of hydrogen-bond acceptors (Lipinski definition) is 5. The summed E-state index contributed by atoms with van der Waals surface area (Å²) in [7, 11) is 0. The molecule has 2 heterocycles. The second-order valence-electron chi connectivity index (χ2n) is 6.03. The molecular formula is C20H21N3O2S. The van der Waals surface area contributed by atoms with Gasteiger partial charge in [0, 0.05) is 40.7 Å². The van der Waals surface area contributed by atoms with E-state index in [1.54, 1.807) is 18.0 Å². The molecule has 0 aliphatic carbocycles. The molecule has 0 spiro atoms. The first kappa shape index (κ1) is 18.2. The molecule has 3 aromatic rings. The maximum absolute atomic E-state index is 12.2. The van der Waals surface area contributed by atoms with Crippen molar-refractivity contribution in [2.45, 2.75) is 37.3 Å². The quantitative estimate of drug-likeness (QED) is 0.621. The normalized spacial score (nSPS) is 10.7. The number of rotatable bonds is 7. The summed E-state index contributed by atoms with van der Waals surface area (Å²) in [5.74, 6) is 1.64. The van der Waals surface area contributed by atoms with Gasteiger partial charge in [-0.2, -0.15) is 0 Å². The van der Waals surface area contributed by atoms with E-state index in [-0.39, 0.29) is 5.91 Å². The summed E-state index contributed by atoms with van der Waals surface area (Å²) >= 11 is 1.74. The lowest BCUT2D eigenvalue weighted by Crippen LogP contribution is -2.12. The highest BCUT2D eigenvalue weighted by atomic mass is 32.2. The van der Waals surface area contributed by atoms with Crippen LogP contribution in [-0.2, 0) is 17.0 Å². The van der Waals surface area contributed by atoms with Crippen LogP contribution in [0.25, 0.3) is 0 Å². The van der Waals surface area contributed by atoms with Crippen molar-refractivity contribution in [3.63, 3.8) is 0 Å². The Bertz CT molecular complexity index is 841. The minimum absolute atomic E-state index is 0.0132. The number of carbonyl (C=O) groups is 1. The Morgan fingerprint density at radius 2 is 2.00 bits per heavy atom. The molecule has 26 heavy (non-hydrogen) atoms. The van der Waals surface area contributed by atoms with Crippen LogP contribution in [0.5, 0.6) is 0 Å². The maximum atomic E-state index is 12.2. The van der Waals surface area contributed by atoms with Gasteiger partial charge in [-0.1, -0.05) is 11.2 Å². The largest absolute Gasteiger partial charge is 0.361 e. The minimum Gasteiger partial charge on any atom is -0.361 e. The van der Waals surface area contributed by atoms with Crippen molar-refractivity contribution in [1.29, 1.82) is 0 Å². The van der Waals surface area contributed by atoms with Crippen LogP contribution in [0.4, 0.5) is 5.69 Å². The van der Waals surface area contributed by atoms with Gasteiger partial charge in [0.1, 0.15) is 5.76 Å². The number of benzene rings is 1. The van der Waals surface area contributed by atoms with Gasteiger partial charge in [0.15, 0.2) is 0 Å². The molecule has 1 N–H and O–H groups in total. The van der Waals surface area contributed by atoms with Crippen LogP contribution in [-0.4, -0.2) is 16.0 Å². The molecule has 1 amide bonds. The molecular weight excluding hydrogens is 346 g/mol. The lowest BCUT2D eigenvalue weighted by molar-refractivity contribution is -0.116. The number of carbonyl (C=O) groups excluding carboxylic acids is 1. The van der Waals surface area contributed by atoms with Gasteiger partial charge in [-0.05, 0) is 56.2 Å². The molecule has 134 valence electrons. The fourth-order valence-electron chi connectivity index (χ4n) is 2.61. The van der Waals surface area contributed by atoms with Gasteiger partial charge < -0.3 is 9.84 Å². The first-order chi connectivity index (χ1) is 12.6. The van der Waals surface area contributed by atoms with Crippen LogP contribution in [0.15, 0.2) is 58.2 Å². The Balaban J connectivity index is 1.48. The van der Waals surface area contributed by atoms with Gasteiger partial charge in [-0.15, -0.1) is 11.8 Å². The highest BCUT2D eigenvalue weighted by Crippen LogP contribution is 2.24. The van der Waals surface area contributed by atoms with Gasteiger partial charge in [0.05, 0.1) is 5.69 Å². The molecule has 6 heteroatoms. The molecule has 0 bridgehead atoms. The predicted molar refractivity (Wildman–Crippen MR) is 103 cm³/mol. The van der Waals surface area contributed by atoms with E-state index in [0.29, 0.717) is 12.8 Å². The predicted octanol–water partition coefficient (Wildman–Crippen LogP) is 4.55. The van der Waals surface area contributed by atoms with E-state index >= 15 is 0 Å². The molecule has 3 rings (SSSR count). The first-order valence-corrected chi connectivity index (χ1v) is 9.44. The SMILES string of the molecule is Cc1noc(C)c1CCC(=O)Nc1ccc(SCc2cccnc2)cc1. The highest BCUT2D eigenvalue weighted by molar-refractivity contribution is 7.98. The van der Waals surface area contributed by atoms with Gasteiger partial charge in [-0.3, -0.25) is 9.78 Å². The molecule has 1 aromatic carbocycles. The fraction of sp³-hybridized carbons (Fsp3) is 0.250. The lowest BCUT2D eigenvalue weighted by atomic mass is 10.1. The van der Waals surface area contributed by atoms with E-state index in [2.05, 4.69) is 21.5 Å². The monoisotopic (exact) mass is 367 g/mol. The number of nitrogens with zero attached hydrogens (tertiary/aromatic N) is 2. The van der Waals surface area contributed by atoms with Gasteiger partial charge in [-0.25, -0.2) is 0 Å². The molecule has 0 saturated carbocycles. The van der Waals surface area contributed by atoms with Gasteiger partial charge >= 0.3 is 0 Å². The van der Waals surface area contributed by atoms with Gasteiger partial charge in [0.25, 0.3) is 0 Å². The van der Waals surface area contributed by atoms with Crippen molar-refractivity contribution in [3.05, 3.63) is 71.4 Å². The van der Waals surface area contributed by atoms with Crippen molar-refractivity contribution in [2.24, 2.45) is 0 Å². The summed E-state index contributed by atoms with van der Waals surface area (Å²) in [5.41, 5.74) is 3.86. The Morgan fingerprint density at radius 1 is 1.19 bits per heavy atom. The van der Waals surface area contributed by atoms with Crippen molar-refractivity contribution >= 4 is 23.4 Å². The van der Waals surface area contributed by atoms with Crippen LogP contribution in [0.1, 0.15) is 29.0 Å². The Kier molecular flexibility index (Phi) is 6.07. The van der Waals surface area contributed by atoms with E-state index in [1.807, 2.05) is 50.4 Å². The van der Waals surface area contributed by atoms with Crippen molar-refractivity contribution < 1.29 is 9.32 Å². The second-order valence-corrected chi connectivity index (χ2v) is 7.07. The number of aromatic nitrogens is 2. The van der Waals surface area contributed by atoms with Crippen molar-refractivity contribution in [3.8, 4) is 0 Å². The topological polar surface area (TPSA) is 68.0 Å². The third-order valence-electron chi connectivity index (χ3n) is 4.05. The number of hydrogen-bond donors (Lipinski definition) is 1. The zero-order chi connectivity index (χ0) is 18.4. The molecule has 2 aromatic heterocycles. The summed E-state index contributed by atoms with van der Waals surface area (Å²) in [6.07, 6.45) is 4.68. The molecule has 0 aliphatic rings. The first-order valence-electron chi connectivity index (χ1n) is 8.45. The Morgan fingerprint density at radius 3 is 2.65 bits per heavy atom. The van der Waals surface area contributed by atoms with Crippen LogP contribution >= 0.6 is 11.8 Å². The zero-order valence-electron chi connectivity index (χ0n) is 14.9. The summed E-state index contributed by atoms with van der Waals surface area (Å²) in [6.45, 7) is 3.76. The van der Waals surface area contributed by atoms with Crippen LogP contribution < -0.4 is 5.32 Å². The molecule has 0 aliphatic heterocycles. The molecule has 0 radical (unpaired) electrons. The van der Waals surface area contributed by atoms with Crippen molar-refractivity contribution in [2.75, 3.05) is 5.32 Å². The van der Waals surface area contributed by atoms with E-state index in [4.69, 9.17) is 4.52 Å². The summed E-state index contributed by atoms with van der Waals surface area (Å²) in [6, 6.07) is 11.9. The molecule has 0 saturated heterocycles.